The lowest BCUT2D eigenvalue weighted by atomic mass is 9.96. The molecule has 0 spiro atoms. The van der Waals surface area contributed by atoms with Crippen LogP contribution in [0.5, 0.6) is 0 Å². The number of aliphatic hydroxyl groups excluding tert-OH is 1. The Morgan fingerprint density at radius 3 is 2.85 bits per heavy atom. The minimum atomic E-state index is -0.507. The molecule has 0 radical (unpaired) electrons. The van der Waals surface area contributed by atoms with E-state index in [0.29, 0.717) is 11.2 Å². The number of aliphatic hydroxyl groups is 1. The molecule has 0 bridgehead atoms. The molecule has 1 unspecified atom stereocenters. The van der Waals surface area contributed by atoms with Crippen LogP contribution in [0.15, 0.2) is 24.7 Å². The summed E-state index contributed by atoms with van der Waals surface area (Å²) in [4.78, 5) is 12.0. The summed E-state index contributed by atoms with van der Waals surface area (Å²) >= 11 is 0. The summed E-state index contributed by atoms with van der Waals surface area (Å²) < 4.78 is 1.69. The number of carbonyl (C=O) groups excluding carboxylic acids is 1. The summed E-state index contributed by atoms with van der Waals surface area (Å²) in [5.41, 5.74) is 1.22. The highest BCUT2D eigenvalue weighted by Gasteiger charge is 2.16. The van der Waals surface area contributed by atoms with Crippen LogP contribution < -0.4 is 5.32 Å². The van der Waals surface area contributed by atoms with Crippen molar-refractivity contribution in [2.75, 3.05) is 6.54 Å². The molecule has 108 valence electrons. The van der Waals surface area contributed by atoms with Gasteiger partial charge in [-0.05, 0) is 18.1 Å². The van der Waals surface area contributed by atoms with E-state index in [4.69, 9.17) is 0 Å². The van der Waals surface area contributed by atoms with E-state index in [1.54, 1.807) is 29.1 Å². The van der Waals surface area contributed by atoms with E-state index in [0.717, 1.165) is 12.8 Å². The Kier molecular flexibility index (Phi) is 4.68. The third-order valence-corrected chi connectivity index (χ3v) is 3.62. The number of pyridine rings is 1. The van der Waals surface area contributed by atoms with E-state index < -0.39 is 6.10 Å². The summed E-state index contributed by atoms with van der Waals surface area (Å²) in [7, 11) is 0. The summed E-state index contributed by atoms with van der Waals surface area (Å²) in [5.74, 6) is 0.0150. The van der Waals surface area contributed by atoms with Gasteiger partial charge in [-0.15, -0.1) is 10.2 Å². The Labute approximate surface area is 117 Å². The molecular formula is C14H20N4O2. The first-order valence-corrected chi connectivity index (χ1v) is 6.91. The lowest BCUT2D eigenvalue weighted by Crippen LogP contribution is -2.36. The summed E-state index contributed by atoms with van der Waals surface area (Å²) in [6, 6.07) is 3.43. The quantitative estimate of drug-likeness (QED) is 0.832. The van der Waals surface area contributed by atoms with Gasteiger partial charge in [0.1, 0.15) is 6.33 Å². The highest BCUT2D eigenvalue weighted by Crippen LogP contribution is 2.12. The second-order valence-electron chi connectivity index (χ2n) is 4.87. The Morgan fingerprint density at radius 1 is 1.40 bits per heavy atom. The minimum Gasteiger partial charge on any atom is -0.391 e. The maximum absolute atomic E-state index is 12.0. The summed E-state index contributed by atoms with van der Waals surface area (Å²) in [6.45, 7) is 4.35. The Balaban J connectivity index is 1.97. The van der Waals surface area contributed by atoms with Crippen LogP contribution >= 0.6 is 0 Å². The second-order valence-corrected chi connectivity index (χ2v) is 4.87. The standard InChI is InChI=1S/C14H20N4O2/c1-3-10(4-2)12(19)7-15-14(20)11-5-6-13-17-16-9-18(13)8-11/h5-6,8-10,12,19H,3-4,7H2,1-2H3,(H,15,20). The molecular weight excluding hydrogens is 256 g/mol. The van der Waals surface area contributed by atoms with Crippen LogP contribution in [0.4, 0.5) is 0 Å². The first-order chi connectivity index (χ1) is 9.65. The number of amides is 1. The van der Waals surface area contributed by atoms with Crippen LogP contribution in [-0.2, 0) is 0 Å². The first kappa shape index (κ1) is 14.5. The average molecular weight is 276 g/mol. The van der Waals surface area contributed by atoms with Gasteiger partial charge in [-0.3, -0.25) is 9.20 Å². The Morgan fingerprint density at radius 2 is 2.15 bits per heavy atom. The van der Waals surface area contributed by atoms with Crippen molar-refractivity contribution in [1.82, 2.24) is 19.9 Å². The fourth-order valence-corrected chi connectivity index (χ4v) is 2.26. The number of carbonyl (C=O) groups is 1. The van der Waals surface area contributed by atoms with Crippen LogP contribution in [0.3, 0.4) is 0 Å². The fourth-order valence-electron chi connectivity index (χ4n) is 2.26. The second kappa shape index (κ2) is 6.47. The summed E-state index contributed by atoms with van der Waals surface area (Å²) in [6.07, 6.45) is 4.52. The molecule has 2 N–H and O–H groups in total. The molecule has 0 aromatic carbocycles. The van der Waals surface area contributed by atoms with Crippen LogP contribution in [0, 0.1) is 5.92 Å². The van der Waals surface area contributed by atoms with Gasteiger partial charge in [-0.2, -0.15) is 0 Å². The van der Waals surface area contributed by atoms with Crippen molar-refractivity contribution in [3.8, 4) is 0 Å². The van der Waals surface area contributed by atoms with Crippen molar-refractivity contribution >= 4 is 11.6 Å². The molecule has 6 heteroatoms. The topological polar surface area (TPSA) is 79.5 Å². The van der Waals surface area contributed by atoms with Crippen LogP contribution in [0.2, 0.25) is 0 Å². The van der Waals surface area contributed by atoms with Gasteiger partial charge >= 0.3 is 0 Å². The van der Waals surface area contributed by atoms with Gasteiger partial charge in [0.05, 0.1) is 11.7 Å². The lowest BCUT2D eigenvalue weighted by Gasteiger charge is -2.20. The number of nitrogens with one attached hydrogen (secondary N) is 1. The normalized spacial score (nSPS) is 12.8. The van der Waals surface area contributed by atoms with E-state index in [2.05, 4.69) is 15.5 Å². The van der Waals surface area contributed by atoms with Gasteiger partial charge in [-0.25, -0.2) is 0 Å². The van der Waals surface area contributed by atoms with Gasteiger partial charge in [0.25, 0.3) is 5.91 Å². The zero-order valence-corrected chi connectivity index (χ0v) is 11.8. The van der Waals surface area contributed by atoms with Crippen molar-refractivity contribution in [3.05, 3.63) is 30.2 Å². The van der Waals surface area contributed by atoms with Crippen molar-refractivity contribution in [2.24, 2.45) is 5.92 Å². The molecule has 2 aromatic heterocycles. The van der Waals surface area contributed by atoms with Gasteiger partial charge in [-0.1, -0.05) is 26.7 Å². The number of nitrogens with zero attached hydrogens (tertiary/aromatic N) is 3. The van der Waals surface area contributed by atoms with E-state index in [1.807, 2.05) is 13.8 Å². The van der Waals surface area contributed by atoms with Gasteiger partial charge < -0.3 is 10.4 Å². The first-order valence-electron chi connectivity index (χ1n) is 6.91. The number of hydrogen-bond donors (Lipinski definition) is 2. The Hall–Kier alpha value is -1.95. The third kappa shape index (κ3) is 3.14. The predicted octanol–water partition coefficient (Wildman–Crippen LogP) is 1.26. The van der Waals surface area contributed by atoms with E-state index in [-0.39, 0.29) is 18.4 Å². The third-order valence-electron chi connectivity index (χ3n) is 3.62. The van der Waals surface area contributed by atoms with E-state index >= 15 is 0 Å². The SMILES string of the molecule is CCC(CC)C(O)CNC(=O)c1ccc2nncn2c1. The molecule has 20 heavy (non-hydrogen) atoms. The largest absolute Gasteiger partial charge is 0.391 e. The number of rotatable bonds is 6. The molecule has 0 aliphatic heterocycles. The molecule has 1 amide bonds. The van der Waals surface area contributed by atoms with Crippen LogP contribution in [0.25, 0.3) is 5.65 Å². The molecule has 2 aromatic rings. The monoisotopic (exact) mass is 276 g/mol. The zero-order valence-electron chi connectivity index (χ0n) is 11.8. The molecule has 0 aliphatic carbocycles. The maximum atomic E-state index is 12.0. The van der Waals surface area contributed by atoms with Gasteiger partial charge in [0.2, 0.25) is 0 Å². The fraction of sp³-hybridized carbons (Fsp3) is 0.500. The van der Waals surface area contributed by atoms with Gasteiger partial charge in [0.15, 0.2) is 5.65 Å². The maximum Gasteiger partial charge on any atom is 0.252 e. The van der Waals surface area contributed by atoms with Crippen molar-refractivity contribution in [1.29, 1.82) is 0 Å². The van der Waals surface area contributed by atoms with Crippen molar-refractivity contribution < 1.29 is 9.90 Å². The van der Waals surface area contributed by atoms with E-state index in [9.17, 15) is 9.90 Å². The molecule has 2 heterocycles. The molecule has 0 saturated heterocycles. The summed E-state index contributed by atoms with van der Waals surface area (Å²) in [5, 5.41) is 20.4. The molecule has 2 rings (SSSR count). The van der Waals surface area contributed by atoms with Crippen LogP contribution in [-0.4, -0.2) is 38.3 Å². The number of fused-ring (bicyclic) bond motifs is 1. The van der Waals surface area contributed by atoms with Crippen LogP contribution in [0.1, 0.15) is 37.0 Å². The predicted molar refractivity (Wildman–Crippen MR) is 75.4 cm³/mol. The Bertz CT molecular complexity index is 577. The zero-order chi connectivity index (χ0) is 14.5. The van der Waals surface area contributed by atoms with Gasteiger partial charge in [0, 0.05) is 12.7 Å². The smallest absolute Gasteiger partial charge is 0.252 e. The molecule has 6 nitrogen and oxygen atoms in total. The average Bonchev–Trinajstić information content (AvgIpc) is 2.93. The van der Waals surface area contributed by atoms with E-state index in [1.165, 1.54) is 0 Å². The molecule has 0 fully saturated rings. The highest BCUT2D eigenvalue weighted by molar-refractivity contribution is 5.94. The minimum absolute atomic E-state index is 0.203. The molecule has 0 aliphatic rings. The number of hydrogen-bond acceptors (Lipinski definition) is 4. The van der Waals surface area contributed by atoms with Crippen molar-refractivity contribution in [2.45, 2.75) is 32.8 Å². The van der Waals surface area contributed by atoms with Crippen molar-refractivity contribution in [3.63, 3.8) is 0 Å². The lowest BCUT2D eigenvalue weighted by molar-refractivity contribution is 0.0816. The highest BCUT2D eigenvalue weighted by atomic mass is 16.3. The number of aromatic nitrogens is 3. The molecule has 0 saturated carbocycles. The molecule has 1 atom stereocenters.